The van der Waals surface area contributed by atoms with Crippen LogP contribution in [0, 0.1) is 5.92 Å². The van der Waals surface area contributed by atoms with Crippen molar-refractivity contribution in [3.05, 3.63) is 30.1 Å². The van der Waals surface area contributed by atoms with Gasteiger partial charge in [-0.05, 0) is 37.0 Å². The Hall–Kier alpha value is -1.95. The first kappa shape index (κ1) is 15.9. The van der Waals surface area contributed by atoms with E-state index < -0.39 is 0 Å². The van der Waals surface area contributed by atoms with Crippen molar-refractivity contribution in [3.8, 4) is 0 Å². The second-order valence-corrected chi connectivity index (χ2v) is 6.19. The zero-order valence-corrected chi connectivity index (χ0v) is 13.2. The molecule has 0 bridgehead atoms. The molecule has 6 heteroatoms. The third kappa shape index (κ3) is 4.07. The lowest BCUT2D eigenvalue weighted by Gasteiger charge is -2.31. The second-order valence-electron chi connectivity index (χ2n) is 6.19. The summed E-state index contributed by atoms with van der Waals surface area (Å²) in [6.45, 7) is 2.55. The highest BCUT2D eigenvalue weighted by Crippen LogP contribution is 2.24. The SMILES string of the molecule is O=C(NCCc1ccncc1)C1CC(=O)N(C2CCOCC2)C1. The van der Waals surface area contributed by atoms with Gasteiger partial charge in [0.1, 0.15) is 0 Å². The number of nitrogens with zero attached hydrogens (tertiary/aromatic N) is 2. The van der Waals surface area contributed by atoms with Gasteiger partial charge in [0, 0.05) is 51.2 Å². The molecule has 0 aliphatic carbocycles. The van der Waals surface area contributed by atoms with Gasteiger partial charge in [-0.15, -0.1) is 0 Å². The molecule has 1 aromatic heterocycles. The molecule has 3 rings (SSSR count). The number of likely N-dealkylation sites (tertiary alicyclic amines) is 1. The van der Waals surface area contributed by atoms with E-state index in [2.05, 4.69) is 10.3 Å². The molecule has 1 atom stereocenters. The van der Waals surface area contributed by atoms with Crippen molar-refractivity contribution >= 4 is 11.8 Å². The molecule has 1 unspecified atom stereocenters. The van der Waals surface area contributed by atoms with Crippen LogP contribution < -0.4 is 5.32 Å². The highest BCUT2D eigenvalue weighted by atomic mass is 16.5. The molecule has 3 heterocycles. The van der Waals surface area contributed by atoms with Gasteiger partial charge in [-0.3, -0.25) is 14.6 Å². The first-order chi connectivity index (χ1) is 11.2. The minimum atomic E-state index is -0.220. The fourth-order valence-corrected chi connectivity index (χ4v) is 3.28. The van der Waals surface area contributed by atoms with Crippen LogP contribution in [-0.2, 0) is 20.7 Å². The molecule has 23 heavy (non-hydrogen) atoms. The van der Waals surface area contributed by atoms with Gasteiger partial charge < -0.3 is 15.0 Å². The first-order valence-electron chi connectivity index (χ1n) is 8.28. The Labute approximate surface area is 136 Å². The summed E-state index contributed by atoms with van der Waals surface area (Å²) in [6.07, 6.45) is 6.36. The lowest BCUT2D eigenvalue weighted by Crippen LogP contribution is -2.41. The maximum atomic E-state index is 12.3. The number of hydrogen-bond donors (Lipinski definition) is 1. The van der Waals surface area contributed by atoms with Crippen LogP contribution in [0.4, 0.5) is 0 Å². The van der Waals surface area contributed by atoms with Crippen molar-refractivity contribution < 1.29 is 14.3 Å². The first-order valence-corrected chi connectivity index (χ1v) is 8.28. The summed E-state index contributed by atoms with van der Waals surface area (Å²) in [4.78, 5) is 30.3. The Morgan fingerprint density at radius 3 is 2.78 bits per heavy atom. The van der Waals surface area contributed by atoms with Crippen molar-refractivity contribution in [1.82, 2.24) is 15.2 Å². The maximum absolute atomic E-state index is 12.3. The highest BCUT2D eigenvalue weighted by molar-refractivity contribution is 5.89. The fraction of sp³-hybridized carbons (Fsp3) is 0.588. The molecule has 2 fully saturated rings. The lowest BCUT2D eigenvalue weighted by atomic mass is 10.1. The summed E-state index contributed by atoms with van der Waals surface area (Å²) in [6, 6.07) is 4.13. The van der Waals surface area contributed by atoms with Crippen molar-refractivity contribution in [2.24, 2.45) is 5.92 Å². The van der Waals surface area contributed by atoms with Crippen molar-refractivity contribution in [2.45, 2.75) is 31.7 Å². The molecular weight excluding hydrogens is 294 g/mol. The van der Waals surface area contributed by atoms with Gasteiger partial charge in [0.2, 0.25) is 11.8 Å². The standard InChI is InChI=1S/C17H23N3O3/c21-16-11-14(12-20(16)15-4-9-23-10-5-15)17(22)19-8-3-13-1-6-18-7-2-13/h1-2,6-7,14-15H,3-5,8-12H2,(H,19,22). The summed E-state index contributed by atoms with van der Waals surface area (Å²) in [7, 11) is 0. The summed E-state index contributed by atoms with van der Waals surface area (Å²) in [5.74, 6) is -0.129. The Bertz CT molecular complexity index is 543. The van der Waals surface area contributed by atoms with Crippen molar-refractivity contribution in [1.29, 1.82) is 0 Å². The Kier molecular flexibility index (Phi) is 5.23. The number of ether oxygens (including phenoxy) is 1. The number of pyridine rings is 1. The Morgan fingerprint density at radius 2 is 2.04 bits per heavy atom. The zero-order valence-electron chi connectivity index (χ0n) is 13.2. The summed E-state index contributed by atoms with van der Waals surface area (Å²) in [5.41, 5.74) is 1.15. The van der Waals surface area contributed by atoms with Crippen LogP contribution >= 0.6 is 0 Å². The number of carbonyl (C=O) groups excluding carboxylic acids is 2. The predicted octanol–water partition coefficient (Wildman–Crippen LogP) is 0.768. The van der Waals surface area contributed by atoms with Gasteiger partial charge in [-0.25, -0.2) is 0 Å². The van der Waals surface area contributed by atoms with Crippen molar-refractivity contribution in [3.63, 3.8) is 0 Å². The number of aromatic nitrogens is 1. The average Bonchev–Trinajstić information content (AvgIpc) is 2.98. The molecule has 0 saturated carbocycles. The molecule has 2 saturated heterocycles. The smallest absolute Gasteiger partial charge is 0.225 e. The molecule has 2 aliphatic rings. The summed E-state index contributed by atoms with van der Waals surface area (Å²) < 4.78 is 5.34. The van der Waals surface area contributed by atoms with Crippen LogP contribution in [0.2, 0.25) is 0 Å². The van der Waals surface area contributed by atoms with E-state index in [1.807, 2.05) is 17.0 Å². The molecule has 1 N–H and O–H groups in total. The van der Waals surface area contributed by atoms with Crippen LogP contribution in [0.3, 0.4) is 0 Å². The molecule has 6 nitrogen and oxygen atoms in total. The molecule has 124 valence electrons. The number of carbonyl (C=O) groups is 2. The third-order valence-corrected chi connectivity index (χ3v) is 4.62. The van der Waals surface area contributed by atoms with Gasteiger partial charge >= 0.3 is 0 Å². The quantitative estimate of drug-likeness (QED) is 0.871. The molecule has 0 spiro atoms. The molecule has 0 radical (unpaired) electrons. The topological polar surface area (TPSA) is 71.5 Å². The van der Waals surface area contributed by atoms with Crippen LogP contribution in [0.25, 0.3) is 0 Å². The van der Waals surface area contributed by atoms with Crippen molar-refractivity contribution in [2.75, 3.05) is 26.3 Å². The van der Waals surface area contributed by atoms with E-state index in [9.17, 15) is 9.59 Å². The van der Waals surface area contributed by atoms with Gasteiger partial charge in [-0.2, -0.15) is 0 Å². The second kappa shape index (κ2) is 7.55. The largest absolute Gasteiger partial charge is 0.381 e. The number of hydrogen-bond acceptors (Lipinski definition) is 4. The van der Waals surface area contributed by atoms with E-state index in [1.165, 1.54) is 0 Å². The van der Waals surface area contributed by atoms with E-state index >= 15 is 0 Å². The molecular formula is C17H23N3O3. The van der Waals surface area contributed by atoms with Crippen LogP contribution in [0.5, 0.6) is 0 Å². The molecule has 2 aliphatic heterocycles. The molecule has 0 aromatic carbocycles. The van der Waals surface area contributed by atoms with Crippen LogP contribution in [0.15, 0.2) is 24.5 Å². The Morgan fingerprint density at radius 1 is 1.30 bits per heavy atom. The minimum absolute atomic E-state index is 0.0121. The normalized spacial score (nSPS) is 22.3. The van der Waals surface area contributed by atoms with E-state index in [0.29, 0.717) is 32.7 Å². The maximum Gasteiger partial charge on any atom is 0.225 e. The van der Waals surface area contributed by atoms with Gasteiger partial charge in [0.25, 0.3) is 0 Å². The van der Waals surface area contributed by atoms with E-state index in [0.717, 1.165) is 24.8 Å². The van der Waals surface area contributed by atoms with E-state index in [4.69, 9.17) is 4.74 Å². The van der Waals surface area contributed by atoms with Gasteiger partial charge in [0.15, 0.2) is 0 Å². The van der Waals surface area contributed by atoms with E-state index in [1.54, 1.807) is 12.4 Å². The fourth-order valence-electron chi connectivity index (χ4n) is 3.28. The summed E-state index contributed by atoms with van der Waals surface area (Å²) >= 11 is 0. The number of nitrogens with one attached hydrogen (secondary N) is 1. The monoisotopic (exact) mass is 317 g/mol. The number of rotatable bonds is 5. The molecule has 1 aromatic rings. The zero-order chi connectivity index (χ0) is 16.1. The third-order valence-electron chi connectivity index (χ3n) is 4.62. The predicted molar refractivity (Wildman–Crippen MR) is 84.6 cm³/mol. The van der Waals surface area contributed by atoms with Gasteiger partial charge in [-0.1, -0.05) is 0 Å². The minimum Gasteiger partial charge on any atom is -0.381 e. The number of amides is 2. The van der Waals surface area contributed by atoms with Crippen LogP contribution in [0.1, 0.15) is 24.8 Å². The summed E-state index contributed by atoms with van der Waals surface area (Å²) in [5, 5.41) is 2.95. The lowest BCUT2D eigenvalue weighted by molar-refractivity contribution is -0.131. The molecule has 2 amide bonds. The Balaban J connectivity index is 1.45. The van der Waals surface area contributed by atoms with Gasteiger partial charge in [0.05, 0.1) is 5.92 Å². The average molecular weight is 317 g/mol. The highest BCUT2D eigenvalue weighted by Gasteiger charge is 2.38. The van der Waals surface area contributed by atoms with Crippen LogP contribution in [-0.4, -0.2) is 54.0 Å². The van der Waals surface area contributed by atoms with E-state index in [-0.39, 0.29) is 23.8 Å².